The Bertz CT molecular complexity index is 620. The lowest BCUT2D eigenvalue weighted by Crippen LogP contribution is -2.03. The number of ether oxygens (including phenoxy) is 2. The molecule has 0 aromatic heterocycles. The Kier molecular flexibility index (Phi) is 7.21. The molecule has 24 heavy (non-hydrogen) atoms. The van der Waals surface area contributed by atoms with E-state index in [1.807, 2.05) is 0 Å². The first-order valence-corrected chi connectivity index (χ1v) is 9.71. The van der Waals surface area contributed by atoms with Crippen molar-refractivity contribution in [2.45, 2.75) is 0 Å². The molecule has 0 radical (unpaired) electrons. The molecule has 0 bridgehead atoms. The molecule has 2 rings (SSSR count). The molecule has 0 spiro atoms. The smallest absolute Gasteiger partial charge is 0.173 e. The summed E-state index contributed by atoms with van der Waals surface area (Å²) in [7, 11) is 5.95. The molecule has 0 unspecified atom stereocenters. The van der Waals surface area contributed by atoms with Gasteiger partial charge in [-0.25, -0.2) is 0 Å². The van der Waals surface area contributed by atoms with Gasteiger partial charge >= 0.3 is 0 Å². The van der Waals surface area contributed by atoms with Crippen LogP contribution in [0.15, 0.2) is 48.5 Å². The van der Waals surface area contributed by atoms with Crippen LogP contribution in [0.25, 0.3) is 0 Å². The van der Waals surface area contributed by atoms with E-state index in [4.69, 9.17) is 9.47 Å². The summed E-state index contributed by atoms with van der Waals surface area (Å²) in [5.74, 6) is 2.16. The molecule has 4 nitrogen and oxygen atoms in total. The highest BCUT2D eigenvalue weighted by atomic mass is 33.1. The van der Waals surface area contributed by atoms with Gasteiger partial charge in [-0.15, -0.1) is 0 Å². The number of carbonyl (C=O) groups excluding carboxylic acids is 2. The monoisotopic (exact) mass is 362 g/mol. The Morgan fingerprint density at radius 1 is 0.708 bits per heavy atom. The van der Waals surface area contributed by atoms with Gasteiger partial charge in [0.25, 0.3) is 0 Å². The van der Waals surface area contributed by atoms with Crippen LogP contribution >= 0.6 is 21.6 Å². The van der Waals surface area contributed by atoms with Crippen LogP contribution in [-0.2, 0) is 0 Å². The van der Waals surface area contributed by atoms with Crippen LogP contribution in [0.4, 0.5) is 0 Å². The van der Waals surface area contributed by atoms with E-state index >= 15 is 0 Å². The van der Waals surface area contributed by atoms with Crippen molar-refractivity contribution in [2.75, 3.05) is 25.7 Å². The predicted octanol–water partition coefficient (Wildman–Crippen LogP) is 4.15. The Labute approximate surface area is 149 Å². The molecule has 126 valence electrons. The van der Waals surface area contributed by atoms with E-state index in [0.717, 1.165) is 11.5 Å². The van der Waals surface area contributed by atoms with Crippen molar-refractivity contribution in [1.82, 2.24) is 0 Å². The zero-order valence-corrected chi connectivity index (χ0v) is 15.1. The summed E-state index contributed by atoms with van der Waals surface area (Å²) in [6, 6.07) is 14.0. The van der Waals surface area contributed by atoms with E-state index in [0.29, 0.717) is 22.6 Å². The van der Waals surface area contributed by atoms with Crippen molar-refractivity contribution < 1.29 is 19.1 Å². The lowest BCUT2D eigenvalue weighted by molar-refractivity contribution is 0.101. The average molecular weight is 362 g/mol. The molecule has 0 aliphatic heterocycles. The topological polar surface area (TPSA) is 52.6 Å². The minimum absolute atomic E-state index is 0.0343. The van der Waals surface area contributed by atoms with E-state index in [9.17, 15) is 9.59 Å². The maximum absolute atomic E-state index is 12.1. The number of hydrogen-bond donors (Lipinski definition) is 0. The molecule has 0 saturated carbocycles. The third-order valence-corrected chi connectivity index (χ3v) is 5.42. The van der Waals surface area contributed by atoms with Crippen LogP contribution in [0.2, 0.25) is 0 Å². The van der Waals surface area contributed by atoms with Crippen LogP contribution in [0.5, 0.6) is 11.5 Å². The van der Waals surface area contributed by atoms with Gasteiger partial charge in [0.2, 0.25) is 0 Å². The third-order valence-electron chi connectivity index (χ3n) is 3.29. The second kappa shape index (κ2) is 9.39. The number of methoxy groups -OCH3 is 2. The van der Waals surface area contributed by atoms with Crippen LogP contribution in [-0.4, -0.2) is 37.3 Å². The highest BCUT2D eigenvalue weighted by Gasteiger charge is 2.09. The molecule has 2 aromatic carbocycles. The summed E-state index contributed by atoms with van der Waals surface area (Å²) in [6.45, 7) is 0. The molecule has 0 saturated heterocycles. The van der Waals surface area contributed by atoms with Crippen molar-refractivity contribution in [3.8, 4) is 11.5 Å². The largest absolute Gasteiger partial charge is 0.497 e. The van der Waals surface area contributed by atoms with Crippen molar-refractivity contribution in [1.29, 1.82) is 0 Å². The minimum atomic E-state index is 0.0343. The fraction of sp³-hybridized carbons (Fsp3) is 0.222. The fourth-order valence-electron chi connectivity index (χ4n) is 1.91. The first kappa shape index (κ1) is 18.4. The number of benzene rings is 2. The molecule has 0 aliphatic rings. The first-order valence-electron chi connectivity index (χ1n) is 7.23. The maximum atomic E-state index is 12.1. The Morgan fingerprint density at radius 3 is 1.33 bits per heavy atom. The van der Waals surface area contributed by atoms with Crippen LogP contribution in [0.1, 0.15) is 20.7 Å². The van der Waals surface area contributed by atoms with Gasteiger partial charge in [0.15, 0.2) is 11.6 Å². The summed E-state index contributed by atoms with van der Waals surface area (Å²) in [5, 5.41) is 0. The molecule has 0 fully saturated rings. The number of ketones is 2. The summed E-state index contributed by atoms with van der Waals surface area (Å²) in [4.78, 5) is 24.1. The maximum Gasteiger partial charge on any atom is 0.173 e. The van der Waals surface area contributed by atoms with Crippen LogP contribution in [0, 0.1) is 0 Å². The number of rotatable bonds is 9. The summed E-state index contributed by atoms with van der Waals surface area (Å²) >= 11 is 0. The number of Topliss-reactive ketones (excluding diaryl/α,β-unsaturated/α-hetero) is 2. The zero-order valence-electron chi connectivity index (χ0n) is 13.5. The van der Waals surface area contributed by atoms with E-state index in [1.165, 1.54) is 21.6 Å². The Morgan fingerprint density at radius 2 is 1.04 bits per heavy atom. The van der Waals surface area contributed by atoms with Crippen molar-refractivity contribution in [3.05, 3.63) is 59.7 Å². The fourth-order valence-corrected chi connectivity index (χ4v) is 3.77. The molecule has 6 heteroatoms. The van der Waals surface area contributed by atoms with E-state index < -0.39 is 0 Å². The second-order valence-electron chi connectivity index (χ2n) is 4.83. The summed E-state index contributed by atoms with van der Waals surface area (Å²) in [5.41, 5.74) is 1.29. The number of hydrogen-bond acceptors (Lipinski definition) is 6. The molecule has 0 amide bonds. The third kappa shape index (κ3) is 5.32. The van der Waals surface area contributed by atoms with Gasteiger partial charge in [-0.3, -0.25) is 9.59 Å². The summed E-state index contributed by atoms with van der Waals surface area (Å²) < 4.78 is 10.1. The van der Waals surface area contributed by atoms with Gasteiger partial charge in [-0.2, -0.15) is 0 Å². The van der Waals surface area contributed by atoms with E-state index in [-0.39, 0.29) is 11.6 Å². The quantitative estimate of drug-likeness (QED) is 0.379. The van der Waals surface area contributed by atoms with Gasteiger partial charge in [-0.1, -0.05) is 21.6 Å². The molecule has 2 aromatic rings. The Balaban J connectivity index is 1.74. The summed E-state index contributed by atoms with van der Waals surface area (Å²) in [6.07, 6.45) is 0. The molecule has 0 N–H and O–H groups in total. The Hall–Kier alpha value is -1.92. The van der Waals surface area contributed by atoms with Crippen LogP contribution in [0.3, 0.4) is 0 Å². The van der Waals surface area contributed by atoms with Gasteiger partial charge in [0.05, 0.1) is 25.7 Å². The van der Waals surface area contributed by atoms with Crippen molar-refractivity contribution in [2.24, 2.45) is 0 Å². The van der Waals surface area contributed by atoms with Gasteiger partial charge in [0, 0.05) is 11.1 Å². The lowest BCUT2D eigenvalue weighted by atomic mass is 10.1. The minimum Gasteiger partial charge on any atom is -0.497 e. The highest BCUT2D eigenvalue weighted by Crippen LogP contribution is 2.24. The van der Waals surface area contributed by atoms with Gasteiger partial charge < -0.3 is 9.47 Å². The average Bonchev–Trinajstić information content (AvgIpc) is 2.65. The molecule has 0 aliphatic carbocycles. The highest BCUT2D eigenvalue weighted by molar-refractivity contribution is 8.77. The standard InChI is InChI=1S/C18H18O4S2/c1-21-15-7-3-13(4-8-15)17(19)11-23-24-12-18(20)14-5-9-16(22-2)10-6-14/h3-10H,11-12H2,1-2H3. The van der Waals surface area contributed by atoms with E-state index in [1.54, 1.807) is 62.8 Å². The number of carbonyl (C=O) groups is 2. The predicted molar refractivity (Wildman–Crippen MR) is 99.6 cm³/mol. The first-order chi connectivity index (χ1) is 11.6. The second-order valence-corrected chi connectivity index (χ2v) is 7.29. The van der Waals surface area contributed by atoms with Gasteiger partial charge in [-0.05, 0) is 48.5 Å². The molecule has 0 heterocycles. The zero-order chi connectivity index (χ0) is 17.4. The SMILES string of the molecule is COc1ccc(C(=O)CSSCC(=O)c2ccc(OC)cc2)cc1. The normalized spacial score (nSPS) is 10.2. The van der Waals surface area contributed by atoms with E-state index in [2.05, 4.69) is 0 Å². The van der Waals surface area contributed by atoms with Crippen LogP contribution < -0.4 is 9.47 Å². The lowest BCUT2D eigenvalue weighted by Gasteiger charge is -2.04. The van der Waals surface area contributed by atoms with Crippen molar-refractivity contribution >= 4 is 33.2 Å². The molecular weight excluding hydrogens is 344 g/mol. The van der Waals surface area contributed by atoms with Crippen molar-refractivity contribution in [3.63, 3.8) is 0 Å². The van der Waals surface area contributed by atoms with Gasteiger partial charge in [0.1, 0.15) is 11.5 Å². The molecule has 0 atom stereocenters. The molecular formula is C18H18O4S2.